The summed E-state index contributed by atoms with van der Waals surface area (Å²) in [7, 11) is 0. The van der Waals surface area contributed by atoms with Crippen LogP contribution in [0.4, 0.5) is 5.69 Å². The lowest BCUT2D eigenvalue weighted by Gasteiger charge is -1.99. The zero-order valence-electron chi connectivity index (χ0n) is 12.6. The molecule has 0 fully saturated rings. The van der Waals surface area contributed by atoms with Crippen LogP contribution in [0.1, 0.15) is 26.3 Å². The highest BCUT2D eigenvalue weighted by molar-refractivity contribution is 6.11. The Morgan fingerprint density at radius 1 is 1.14 bits per heavy atom. The minimum atomic E-state index is -0.414. The Labute approximate surface area is 127 Å². The van der Waals surface area contributed by atoms with Crippen molar-refractivity contribution in [3.05, 3.63) is 52.1 Å². The maximum Gasteiger partial charge on any atom is 0.270 e. The first-order chi connectivity index (χ1) is 10.6. The van der Waals surface area contributed by atoms with Gasteiger partial charge in [0.25, 0.3) is 5.69 Å². The van der Waals surface area contributed by atoms with Gasteiger partial charge in [-0.1, -0.05) is 25.1 Å². The van der Waals surface area contributed by atoms with E-state index in [0.29, 0.717) is 5.71 Å². The number of non-ortho nitro benzene ring substituents is 1. The van der Waals surface area contributed by atoms with E-state index in [1.54, 1.807) is 19.1 Å². The van der Waals surface area contributed by atoms with Crippen molar-refractivity contribution in [3.8, 4) is 0 Å². The molecule has 114 valence electrons. The molecule has 0 atom stereocenters. The van der Waals surface area contributed by atoms with Crippen LogP contribution in [0.3, 0.4) is 0 Å². The van der Waals surface area contributed by atoms with Crippen LogP contribution in [0, 0.1) is 10.1 Å². The van der Waals surface area contributed by atoms with Crippen LogP contribution in [0.2, 0.25) is 0 Å². The molecular weight excluding hydrogens is 282 g/mol. The van der Waals surface area contributed by atoms with Crippen molar-refractivity contribution >= 4 is 33.2 Å². The SMILES string of the molecule is C/C(=N\O)c1ccc2[nH]c3ccc([N+](=O)[O-])cc3c2c1.CC. The number of aromatic amines is 1. The van der Waals surface area contributed by atoms with E-state index in [9.17, 15) is 10.1 Å². The molecule has 0 radical (unpaired) electrons. The summed E-state index contributed by atoms with van der Waals surface area (Å²) in [6, 6.07) is 10.3. The smallest absolute Gasteiger partial charge is 0.270 e. The standard InChI is InChI=1S/C14H11N3O3.C2H6/c1-8(16-18)9-2-4-13-11(6-9)12-7-10(17(19)20)3-5-14(12)15-13;1-2/h2-7,15,18H,1H3;1-2H3/b16-8+;. The second-order valence-electron chi connectivity index (χ2n) is 4.56. The molecule has 2 aromatic carbocycles. The third-order valence-corrected chi connectivity index (χ3v) is 3.36. The highest BCUT2D eigenvalue weighted by Gasteiger charge is 2.11. The van der Waals surface area contributed by atoms with Gasteiger partial charge < -0.3 is 10.2 Å². The lowest BCUT2D eigenvalue weighted by Crippen LogP contribution is -1.93. The van der Waals surface area contributed by atoms with Gasteiger partial charge in [-0.2, -0.15) is 0 Å². The minimum absolute atomic E-state index is 0.0522. The van der Waals surface area contributed by atoms with E-state index in [-0.39, 0.29) is 5.69 Å². The number of nitrogens with one attached hydrogen (secondary N) is 1. The molecule has 6 nitrogen and oxygen atoms in total. The maximum absolute atomic E-state index is 10.9. The van der Waals surface area contributed by atoms with Gasteiger partial charge in [0.05, 0.1) is 10.6 Å². The highest BCUT2D eigenvalue weighted by atomic mass is 16.6. The van der Waals surface area contributed by atoms with Crippen molar-refractivity contribution < 1.29 is 10.1 Å². The Bertz CT molecular complexity index is 866. The second-order valence-corrected chi connectivity index (χ2v) is 4.56. The number of hydrogen-bond donors (Lipinski definition) is 2. The number of benzene rings is 2. The monoisotopic (exact) mass is 299 g/mol. The summed E-state index contributed by atoms with van der Waals surface area (Å²) in [6.45, 7) is 5.69. The summed E-state index contributed by atoms with van der Waals surface area (Å²) < 4.78 is 0. The third kappa shape index (κ3) is 2.63. The molecule has 3 aromatic rings. The number of H-pyrrole nitrogens is 1. The minimum Gasteiger partial charge on any atom is -0.411 e. The number of nitro groups is 1. The highest BCUT2D eigenvalue weighted by Crippen LogP contribution is 2.29. The molecule has 0 spiro atoms. The van der Waals surface area contributed by atoms with Gasteiger partial charge in [0.1, 0.15) is 0 Å². The van der Waals surface area contributed by atoms with Crippen LogP contribution >= 0.6 is 0 Å². The Balaban J connectivity index is 0.000000847. The van der Waals surface area contributed by atoms with Crippen LogP contribution in [-0.2, 0) is 0 Å². The van der Waals surface area contributed by atoms with E-state index in [2.05, 4.69) is 10.1 Å². The zero-order chi connectivity index (χ0) is 16.3. The first-order valence-corrected chi connectivity index (χ1v) is 6.99. The van der Waals surface area contributed by atoms with Gasteiger partial charge in [0, 0.05) is 33.9 Å². The molecule has 0 unspecified atom stereocenters. The van der Waals surface area contributed by atoms with E-state index in [1.807, 2.05) is 32.0 Å². The average molecular weight is 299 g/mol. The summed E-state index contributed by atoms with van der Waals surface area (Å²) >= 11 is 0. The molecule has 3 rings (SSSR count). The number of nitro benzene ring substituents is 1. The Morgan fingerprint density at radius 3 is 2.32 bits per heavy atom. The van der Waals surface area contributed by atoms with Gasteiger partial charge in [-0.25, -0.2) is 0 Å². The fraction of sp³-hybridized carbons (Fsp3) is 0.188. The van der Waals surface area contributed by atoms with Crippen molar-refractivity contribution in [1.82, 2.24) is 4.98 Å². The van der Waals surface area contributed by atoms with Gasteiger partial charge in [-0.05, 0) is 30.7 Å². The first-order valence-electron chi connectivity index (χ1n) is 6.99. The summed E-state index contributed by atoms with van der Waals surface area (Å²) in [5.74, 6) is 0. The molecule has 1 heterocycles. The van der Waals surface area contributed by atoms with Crippen LogP contribution in [0.15, 0.2) is 41.6 Å². The van der Waals surface area contributed by atoms with Crippen LogP contribution in [0.25, 0.3) is 21.8 Å². The number of aromatic nitrogens is 1. The van der Waals surface area contributed by atoms with E-state index in [0.717, 1.165) is 27.4 Å². The number of hydrogen-bond acceptors (Lipinski definition) is 4. The van der Waals surface area contributed by atoms with Gasteiger partial charge in [-0.15, -0.1) is 0 Å². The van der Waals surface area contributed by atoms with E-state index < -0.39 is 4.92 Å². The average Bonchev–Trinajstić information content (AvgIpc) is 2.92. The van der Waals surface area contributed by atoms with Crippen LogP contribution in [0.5, 0.6) is 0 Å². The Morgan fingerprint density at radius 2 is 1.73 bits per heavy atom. The van der Waals surface area contributed by atoms with Crippen molar-refractivity contribution in [2.45, 2.75) is 20.8 Å². The van der Waals surface area contributed by atoms with Gasteiger partial charge in [-0.3, -0.25) is 10.1 Å². The topological polar surface area (TPSA) is 91.5 Å². The fourth-order valence-corrected chi connectivity index (χ4v) is 2.28. The molecule has 0 aliphatic heterocycles. The third-order valence-electron chi connectivity index (χ3n) is 3.36. The number of fused-ring (bicyclic) bond motifs is 3. The molecule has 2 N–H and O–H groups in total. The van der Waals surface area contributed by atoms with Gasteiger partial charge in [0.2, 0.25) is 0 Å². The van der Waals surface area contributed by atoms with E-state index >= 15 is 0 Å². The van der Waals surface area contributed by atoms with Crippen molar-refractivity contribution in [3.63, 3.8) is 0 Å². The van der Waals surface area contributed by atoms with Crippen molar-refractivity contribution in [2.24, 2.45) is 5.16 Å². The normalized spacial score (nSPS) is 11.3. The summed E-state index contributed by atoms with van der Waals surface area (Å²) in [5.41, 5.74) is 3.03. The second kappa shape index (κ2) is 6.26. The molecule has 6 heteroatoms. The van der Waals surface area contributed by atoms with Crippen molar-refractivity contribution in [2.75, 3.05) is 0 Å². The maximum atomic E-state index is 10.9. The van der Waals surface area contributed by atoms with Crippen molar-refractivity contribution in [1.29, 1.82) is 0 Å². The quantitative estimate of drug-likeness (QED) is 0.317. The largest absolute Gasteiger partial charge is 0.411 e. The van der Waals surface area contributed by atoms with Crippen LogP contribution < -0.4 is 0 Å². The number of nitrogens with zero attached hydrogens (tertiary/aromatic N) is 2. The summed E-state index contributed by atoms with van der Waals surface area (Å²) in [5, 5.41) is 24.5. The van der Waals surface area contributed by atoms with Gasteiger partial charge >= 0.3 is 0 Å². The molecule has 0 amide bonds. The lowest BCUT2D eigenvalue weighted by molar-refractivity contribution is -0.384. The number of oxime groups is 1. The molecule has 1 aromatic heterocycles. The molecule has 0 bridgehead atoms. The first kappa shape index (κ1) is 15.5. The van der Waals surface area contributed by atoms with E-state index in [1.165, 1.54) is 6.07 Å². The Hall–Kier alpha value is -2.89. The molecular formula is C16H17N3O3. The van der Waals surface area contributed by atoms with E-state index in [4.69, 9.17) is 5.21 Å². The molecule has 0 saturated heterocycles. The molecule has 22 heavy (non-hydrogen) atoms. The molecule has 0 saturated carbocycles. The van der Waals surface area contributed by atoms with Crippen LogP contribution in [-0.4, -0.2) is 20.8 Å². The molecule has 0 aliphatic rings. The summed E-state index contributed by atoms with van der Waals surface area (Å²) in [4.78, 5) is 13.7. The predicted molar refractivity (Wildman–Crippen MR) is 87.8 cm³/mol. The Kier molecular flexibility index (Phi) is 4.41. The lowest BCUT2D eigenvalue weighted by atomic mass is 10.1. The predicted octanol–water partition coefficient (Wildman–Crippen LogP) is 4.45. The van der Waals surface area contributed by atoms with Gasteiger partial charge in [0.15, 0.2) is 0 Å². The zero-order valence-corrected chi connectivity index (χ0v) is 12.6. The number of rotatable bonds is 2. The summed E-state index contributed by atoms with van der Waals surface area (Å²) in [6.07, 6.45) is 0. The fourth-order valence-electron chi connectivity index (χ4n) is 2.28. The molecule has 0 aliphatic carbocycles.